The molecule has 0 unspecified atom stereocenters. The van der Waals surface area contributed by atoms with Crippen LogP contribution in [0.1, 0.15) is 11.1 Å². The van der Waals surface area contributed by atoms with Gasteiger partial charge < -0.3 is 4.42 Å². The minimum absolute atomic E-state index is 0.146. The third-order valence-electron chi connectivity index (χ3n) is 3.20. The molecular formula is C17H10F3NO2. The molecule has 0 N–H and O–H groups in total. The van der Waals surface area contributed by atoms with Crippen LogP contribution < -0.4 is 5.63 Å². The summed E-state index contributed by atoms with van der Waals surface area (Å²) in [5.74, 6) is 0. The van der Waals surface area contributed by atoms with Crippen LogP contribution in [0.2, 0.25) is 0 Å². The van der Waals surface area contributed by atoms with Crippen molar-refractivity contribution in [2.24, 2.45) is 4.99 Å². The highest BCUT2D eigenvalue weighted by atomic mass is 19.4. The van der Waals surface area contributed by atoms with Crippen molar-refractivity contribution in [3.8, 4) is 0 Å². The zero-order valence-corrected chi connectivity index (χ0v) is 11.7. The predicted octanol–water partition coefficient (Wildman–Crippen LogP) is 4.56. The lowest BCUT2D eigenvalue weighted by molar-refractivity contribution is -0.136. The molecule has 0 bridgehead atoms. The molecule has 1 heterocycles. The van der Waals surface area contributed by atoms with E-state index >= 15 is 0 Å². The van der Waals surface area contributed by atoms with Crippen LogP contribution in [0.3, 0.4) is 0 Å². The second-order valence-corrected chi connectivity index (χ2v) is 4.83. The molecule has 23 heavy (non-hydrogen) atoms. The summed E-state index contributed by atoms with van der Waals surface area (Å²) in [4.78, 5) is 15.5. The van der Waals surface area contributed by atoms with E-state index in [4.69, 9.17) is 4.42 Å². The van der Waals surface area contributed by atoms with Crippen LogP contribution in [0.4, 0.5) is 18.9 Å². The van der Waals surface area contributed by atoms with E-state index in [0.717, 1.165) is 5.56 Å². The Morgan fingerprint density at radius 1 is 1.00 bits per heavy atom. The molecule has 0 spiro atoms. The predicted molar refractivity (Wildman–Crippen MR) is 81.2 cm³/mol. The molecule has 0 aliphatic heterocycles. The van der Waals surface area contributed by atoms with Gasteiger partial charge in [-0.1, -0.05) is 30.3 Å². The molecule has 6 heteroatoms. The van der Waals surface area contributed by atoms with Crippen molar-refractivity contribution in [3.05, 3.63) is 76.1 Å². The third kappa shape index (κ3) is 3.31. The number of hydrogen-bond donors (Lipinski definition) is 0. The highest BCUT2D eigenvalue weighted by molar-refractivity contribution is 5.86. The van der Waals surface area contributed by atoms with Crippen LogP contribution in [0.15, 0.2) is 68.8 Å². The molecule has 0 saturated carbocycles. The van der Waals surface area contributed by atoms with Crippen LogP contribution in [0, 0.1) is 0 Å². The fourth-order valence-corrected chi connectivity index (χ4v) is 2.15. The highest BCUT2D eigenvalue weighted by Crippen LogP contribution is 2.34. The van der Waals surface area contributed by atoms with Crippen molar-refractivity contribution in [1.29, 1.82) is 0 Å². The molecule has 0 saturated heterocycles. The molecule has 3 rings (SSSR count). The Morgan fingerprint density at radius 3 is 2.43 bits per heavy atom. The van der Waals surface area contributed by atoms with E-state index in [1.54, 1.807) is 6.21 Å². The quantitative estimate of drug-likeness (QED) is 0.513. The van der Waals surface area contributed by atoms with E-state index in [1.807, 2.05) is 30.3 Å². The van der Waals surface area contributed by atoms with E-state index in [0.29, 0.717) is 11.8 Å². The van der Waals surface area contributed by atoms with Gasteiger partial charge in [0.2, 0.25) is 0 Å². The van der Waals surface area contributed by atoms with Gasteiger partial charge in [0.1, 0.15) is 5.58 Å². The number of rotatable bonds is 2. The van der Waals surface area contributed by atoms with Crippen molar-refractivity contribution in [3.63, 3.8) is 0 Å². The van der Waals surface area contributed by atoms with Gasteiger partial charge in [0.05, 0.1) is 11.3 Å². The summed E-state index contributed by atoms with van der Waals surface area (Å²) >= 11 is 0. The summed E-state index contributed by atoms with van der Waals surface area (Å²) in [5, 5.41) is -0.171. The second-order valence-electron chi connectivity index (χ2n) is 4.83. The maximum absolute atomic E-state index is 13.0. The molecule has 0 aliphatic carbocycles. The van der Waals surface area contributed by atoms with Gasteiger partial charge in [0.15, 0.2) is 0 Å². The lowest BCUT2D eigenvalue weighted by atomic mass is 10.1. The molecule has 3 aromatic rings. The number of benzene rings is 2. The van der Waals surface area contributed by atoms with Crippen molar-refractivity contribution >= 4 is 22.9 Å². The van der Waals surface area contributed by atoms with Gasteiger partial charge in [-0.3, -0.25) is 4.99 Å². The van der Waals surface area contributed by atoms with Gasteiger partial charge in [0.25, 0.3) is 0 Å². The third-order valence-corrected chi connectivity index (χ3v) is 3.20. The van der Waals surface area contributed by atoms with Crippen molar-refractivity contribution in [2.45, 2.75) is 6.18 Å². The van der Waals surface area contributed by atoms with Gasteiger partial charge in [-0.15, -0.1) is 0 Å². The molecule has 2 aromatic carbocycles. The van der Waals surface area contributed by atoms with Gasteiger partial charge in [-0.25, -0.2) is 4.79 Å². The van der Waals surface area contributed by atoms with E-state index < -0.39 is 17.4 Å². The topological polar surface area (TPSA) is 42.6 Å². The molecular weight excluding hydrogens is 307 g/mol. The van der Waals surface area contributed by atoms with Gasteiger partial charge in [-0.05, 0) is 17.7 Å². The zero-order valence-electron chi connectivity index (χ0n) is 11.7. The highest BCUT2D eigenvalue weighted by Gasteiger charge is 2.33. The standard InChI is InChI=1S/C17H10F3NO2/c18-17(19,20)14-9-16(22)23-15-8-12(6-7-13(14)15)21-10-11-4-2-1-3-5-11/h1-10H. The van der Waals surface area contributed by atoms with Crippen molar-refractivity contribution in [1.82, 2.24) is 0 Å². The normalized spacial score (nSPS) is 12.1. The summed E-state index contributed by atoms with van der Waals surface area (Å²) in [7, 11) is 0. The van der Waals surface area contributed by atoms with Gasteiger partial charge in [-0.2, -0.15) is 13.2 Å². The largest absolute Gasteiger partial charge is 0.423 e. The van der Waals surface area contributed by atoms with Crippen LogP contribution in [0.5, 0.6) is 0 Å². The lowest BCUT2D eigenvalue weighted by Crippen LogP contribution is -2.10. The fraction of sp³-hybridized carbons (Fsp3) is 0.0588. The van der Waals surface area contributed by atoms with Crippen molar-refractivity contribution < 1.29 is 17.6 Å². The summed E-state index contributed by atoms with van der Waals surface area (Å²) in [5.41, 5.74) is -0.967. The Balaban J connectivity index is 2.06. The van der Waals surface area contributed by atoms with E-state index in [-0.39, 0.29) is 11.0 Å². The molecule has 0 atom stereocenters. The minimum atomic E-state index is -4.62. The SMILES string of the molecule is O=c1cc(C(F)(F)F)c2ccc(N=Cc3ccccc3)cc2o1. The number of nitrogens with zero attached hydrogens (tertiary/aromatic N) is 1. The average Bonchev–Trinajstić information content (AvgIpc) is 2.52. The molecule has 3 nitrogen and oxygen atoms in total. The summed E-state index contributed by atoms with van der Waals surface area (Å²) in [6, 6.07) is 13.7. The first kappa shape index (κ1) is 15.0. The Kier molecular flexibility index (Phi) is 3.73. The monoisotopic (exact) mass is 317 g/mol. The first-order chi connectivity index (χ1) is 10.9. The fourth-order valence-electron chi connectivity index (χ4n) is 2.15. The van der Waals surface area contributed by atoms with Crippen LogP contribution >= 0.6 is 0 Å². The summed E-state index contributed by atoms with van der Waals surface area (Å²) < 4.78 is 43.7. The van der Waals surface area contributed by atoms with E-state index in [2.05, 4.69) is 4.99 Å². The second kappa shape index (κ2) is 5.72. The first-order valence-electron chi connectivity index (χ1n) is 6.68. The van der Waals surface area contributed by atoms with Gasteiger partial charge in [0, 0.05) is 23.7 Å². The molecule has 0 aliphatic rings. The minimum Gasteiger partial charge on any atom is -0.423 e. The maximum atomic E-state index is 13.0. The number of hydrogen-bond acceptors (Lipinski definition) is 3. The Bertz CT molecular complexity index is 928. The Hall–Kier alpha value is -2.89. The lowest BCUT2D eigenvalue weighted by Gasteiger charge is -2.09. The molecule has 116 valence electrons. The van der Waals surface area contributed by atoms with E-state index in [1.165, 1.54) is 18.2 Å². The number of fused-ring (bicyclic) bond motifs is 1. The van der Waals surface area contributed by atoms with Crippen molar-refractivity contribution in [2.75, 3.05) is 0 Å². The maximum Gasteiger partial charge on any atom is 0.417 e. The van der Waals surface area contributed by atoms with E-state index in [9.17, 15) is 18.0 Å². The van der Waals surface area contributed by atoms with Crippen LogP contribution in [-0.4, -0.2) is 6.21 Å². The average molecular weight is 317 g/mol. The summed E-state index contributed by atoms with van der Waals surface area (Å²) in [6.07, 6.45) is -3.05. The Morgan fingerprint density at radius 2 is 1.74 bits per heavy atom. The smallest absolute Gasteiger partial charge is 0.417 e. The number of alkyl halides is 3. The van der Waals surface area contributed by atoms with Gasteiger partial charge >= 0.3 is 11.8 Å². The zero-order chi connectivity index (χ0) is 16.4. The first-order valence-corrected chi connectivity index (χ1v) is 6.68. The Labute approximate surface area is 128 Å². The molecule has 0 amide bonds. The van der Waals surface area contributed by atoms with Crippen LogP contribution in [0.25, 0.3) is 11.0 Å². The molecule has 0 radical (unpaired) electrons. The molecule has 1 aromatic heterocycles. The van der Waals surface area contributed by atoms with Crippen LogP contribution in [-0.2, 0) is 6.18 Å². The molecule has 0 fully saturated rings. The summed E-state index contributed by atoms with van der Waals surface area (Å²) in [6.45, 7) is 0. The number of aliphatic imine (C=N–C) groups is 1. The number of halogens is 3.